The number of hydrogen-bond donors (Lipinski definition) is 1. The van der Waals surface area contributed by atoms with Crippen LogP contribution in [0.1, 0.15) is 51.6 Å². The molecule has 1 N–H and O–H groups in total. The maximum absolute atomic E-state index is 5.60. The van der Waals surface area contributed by atoms with Gasteiger partial charge in [-0.05, 0) is 45.2 Å². The topological polar surface area (TPSA) is 21.3 Å². The lowest BCUT2D eigenvalue weighted by Crippen LogP contribution is -2.22. The van der Waals surface area contributed by atoms with E-state index in [1.807, 2.05) is 0 Å². The van der Waals surface area contributed by atoms with E-state index in [0.717, 1.165) is 26.0 Å². The fraction of sp³-hybridized carbons (Fsp3) is 0.625. The fourth-order valence-electron chi connectivity index (χ4n) is 2.00. The highest BCUT2D eigenvalue weighted by molar-refractivity contribution is 5.18. The average Bonchev–Trinajstić information content (AvgIpc) is 2.38. The Morgan fingerprint density at radius 2 is 1.89 bits per heavy atom. The molecule has 0 aliphatic rings. The number of ether oxygens (including phenoxy) is 1. The highest BCUT2D eigenvalue weighted by Gasteiger charge is 2.09. The lowest BCUT2D eigenvalue weighted by molar-refractivity contribution is 0.0745. The van der Waals surface area contributed by atoms with E-state index in [1.165, 1.54) is 12.0 Å². The van der Waals surface area contributed by atoms with Gasteiger partial charge in [-0.25, -0.2) is 0 Å². The highest BCUT2D eigenvalue weighted by Crippen LogP contribution is 2.18. The van der Waals surface area contributed by atoms with Crippen LogP contribution in [0.2, 0.25) is 0 Å². The third-order valence-electron chi connectivity index (χ3n) is 2.93. The first kappa shape index (κ1) is 15.2. The van der Waals surface area contributed by atoms with E-state index in [9.17, 15) is 0 Å². The molecule has 0 bridgehead atoms. The van der Waals surface area contributed by atoms with Crippen molar-refractivity contribution in [3.05, 3.63) is 35.9 Å². The summed E-state index contributed by atoms with van der Waals surface area (Å²) in [5.74, 6) is 0. The molecule has 102 valence electrons. The van der Waals surface area contributed by atoms with Gasteiger partial charge in [-0.1, -0.05) is 37.3 Å². The van der Waals surface area contributed by atoms with Gasteiger partial charge in [0.25, 0.3) is 0 Å². The molecule has 0 radical (unpaired) electrons. The third-order valence-corrected chi connectivity index (χ3v) is 2.93. The maximum Gasteiger partial charge on any atom is 0.0518 e. The normalized spacial score (nSPS) is 12.9. The van der Waals surface area contributed by atoms with E-state index in [1.54, 1.807) is 0 Å². The maximum atomic E-state index is 5.60. The number of nitrogens with one attached hydrogen (secondary N) is 1. The van der Waals surface area contributed by atoms with Crippen LogP contribution in [0.15, 0.2) is 30.3 Å². The van der Waals surface area contributed by atoms with Crippen LogP contribution in [0.5, 0.6) is 0 Å². The van der Waals surface area contributed by atoms with Gasteiger partial charge in [0.1, 0.15) is 0 Å². The molecule has 1 aromatic rings. The molecule has 0 fully saturated rings. The third kappa shape index (κ3) is 6.18. The Kier molecular flexibility index (Phi) is 7.70. The van der Waals surface area contributed by atoms with E-state index >= 15 is 0 Å². The quantitative estimate of drug-likeness (QED) is 0.669. The van der Waals surface area contributed by atoms with Crippen molar-refractivity contribution in [2.24, 2.45) is 0 Å². The summed E-state index contributed by atoms with van der Waals surface area (Å²) in [4.78, 5) is 0. The Morgan fingerprint density at radius 3 is 2.50 bits per heavy atom. The second kappa shape index (κ2) is 9.12. The molecule has 2 nitrogen and oxygen atoms in total. The molecule has 18 heavy (non-hydrogen) atoms. The summed E-state index contributed by atoms with van der Waals surface area (Å²) >= 11 is 0. The Labute approximate surface area is 112 Å². The molecule has 1 atom stereocenters. The molecule has 2 heteroatoms. The van der Waals surface area contributed by atoms with E-state index in [-0.39, 0.29) is 0 Å². The molecular formula is C16H27NO. The zero-order valence-corrected chi connectivity index (χ0v) is 12.0. The molecule has 0 aliphatic heterocycles. The van der Waals surface area contributed by atoms with Crippen molar-refractivity contribution < 1.29 is 4.74 Å². The molecule has 0 aromatic heterocycles. The van der Waals surface area contributed by atoms with Crippen LogP contribution in [0, 0.1) is 0 Å². The van der Waals surface area contributed by atoms with Gasteiger partial charge in [-0.3, -0.25) is 0 Å². The SMILES string of the molecule is CCCNC(CCCOC(C)C)c1ccccc1. The predicted molar refractivity (Wildman–Crippen MR) is 77.8 cm³/mol. The van der Waals surface area contributed by atoms with Crippen LogP contribution in [0.4, 0.5) is 0 Å². The highest BCUT2D eigenvalue weighted by atomic mass is 16.5. The van der Waals surface area contributed by atoms with E-state index in [2.05, 4.69) is 56.4 Å². The van der Waals surface area contributed by atoms with Gasteiger partial charge in [0.2, 0.25) is 0 Å². The summed E-state index contributed by atoms with van der Waals surface area (Å²) in [6.07, 6.45) is 3.75. The molecule has 0 saturated heterocycles. The molecular weight excluding hydrogens is 222 g/mol. The minimum Gasteiger partial charge on any atom is -0.379 e. The van der Waals surface area contributed by atoms with Crippen molar-refractivity contribution in [2.75, 3.05) is 13.2 Å². The van der Waals surface area contributed by atoms with Gasteiger partial charge in [-0.15, -0.1) is 0 Å². The molecule has 0 spiro atoms. The minimum absolute atomic E-state index is 0.337. The van der Waals surface area contributed by atoms with Crippen molar-refractivity contribution in [1.29, 1.82) is 0 Å². The zero-order valence-electron chi connectivity index (χ0n) is 12.0. The molecule has 0 aliphatic carbocycles. The Balaban J connectivity index is 2.41. The molecule has 0 amide bonds. The van der Waals surface area contributed by atoms with Crippen molar-refractivity contribution in [3.63, 3.8) is 0 Å². The van der Waals surface area contributed by atoms with Crippen LogP contribution in [-0.4, -0.2) is 19.3 Å². The van der Waals surface area contributed by atoms with Crippen molar-refractivity contribution >= 4 is 0 Å². The van der Waals surface area contributed by atoms with Gasteiger partial charge in [0, 0.05) is 12.6 Å². The molecule has 0 heterocycles. The zero-order chi connectivity index (χ0) is 13.2. The Hall–Kier alpha value is -0.860. The first-order valence-electron chi connectivity index (χ1n) is 7.14. The predicted octanol–water partition coefficient (Wildman–Crippen LogP) is 3.93. The van der Waals surface area contributed by atoms with E-state index in [4.69, 9.17) is 4.74 Å². The van der Waals surface area contributed by atoms with E-state index < -0.39 is 0 Å². The lowest BCUT2D eigenvalue weighted by atomic mass is 10.0. The fourth-order valence-corrected chi connectivity index (χ4v) is 2.00. The summed E-state index contributed by atoms with van der Waals surface area (Å²) in [6.45, 7) is 8.31. The second-order valence-corrected chi connectivity index (χ2v) is 4.98. The largest absolute Gasteiger partial charge is 0.379 e. The van der Waals surface area contributed by atoms with Gasteiger partial charge in [-0.2, -0.15) is 0 Å². The molecule has 1 aromatic carbocycles. The lowest BCUT2D eigenvalue weighted by Gasteiger charge is -2.19. The minimum atomic E-state index is 0.337. The summed E-state index contributed by atoms with van der Waals surface area (Å²) in [6, 6.07) is 11.2. The van der Waals surface area contributed by atoms with Gasteiger partial charge in [0.05, 0.1) is 6.10 Å². The molecule has 1 unspecified atom stereocenters. The second-order valence-electron chi connectivity index (χ2n) is 4.98. The van der Waals surface area contributed by atoms with Crippen LogP contribution < -0.4 is 5.32 Å². The van der Waals surface area contributed by atoms with Crippen LogP contribution in [0.3, 0.4) is 0 Å². The van der Waals surface area contributed by atoms with Crippen LogP contribution in [0.25, 0.3) is 0 Å². The smallest absolute Gasteiger partial charge is 0.0518 e. The average molecular weight is 249 g/mol. The number of hydrogen-bond acceptors (Lipinski definition) is 2. The Bertz CT molecular complexity index is 297. The van der Waals surface area contributed by atoms with Crippen molar-refractivity contribution in [1.82, 2.24) is 5.32 Å². The van der Waals surface area contributed by atoms with Crippen LogP contribution in [-0.2, 0) is 4.74 Å². The van der Waals surface area contributed by atoms with Gasteiger partial charge >= 0.3 is 0 Å². The summed E-state index contributed by atoms with van der Waals surface area (Å²) < 4.78 is 5.60. The number of benzene rings is 1. The first-order chi connectivity index (χ1) is 8.74. The van der Waals surface area contributed by atoms with Gasteiger partial charge < -0.3 is 10.1 Å². The molecule has 0 saturated carbocycles. The summed E-state index contributed by atoms with van der Waals surface area (Å²) in [5, 5.41) is 3.62. The van der Waals surface area contributed by atoms with E-state index in [0.29, 0.717) is 12.1 Å². The van der Waals surface area contributed by atoms with Crippen molar-refractivity contribution in [3.8, 4) is 0 Å². The van der Waals surface area contributed by atoms with Gasteiger partial charge in [0.15, 0.2) is 0 Å². The van der Waals surface area contributed by atoms with Crippen molar-refractivity contribution in [2.45, 2.75) is 52.2 Å². The molecule has 1 rings (SSSR count). The standard InChI is InChI=1S/C16H27NO/c1-4-12-17-16(11-8-13-18-14(2)3)15-9-6-5-7-10-15/h5-7,9-10,14,16-17H,4,8,11-13H2,1-3H3. The first-order valence-corrected chi connectivity index (χ1v) is 7.14. The summed E-state index contributed by atoms with van der Waals surface area (Å²) in [5.41, 5.74) is 1.38. The monoisotopic (exact) mass is 249 g/mol. The van der Waals surface area contributed by atoms with Crippen LogP contribution >= 0.6 is 0 Å². The number of rotatable bonds is 9. The Morgan fingerprint density at radius 1 is 1.17 bits per heavy atom. The summed E-state index contributed by atoms with van der Waals surface area (Å²) in [7, 11) is 0.